The summed E-state index contributed by atoms with van der Waals surface area (Å²) in [6.07, 6.45) is 5.16. The fraction of sp³-hybridized carbons (Fsp3) is 0.412. The molecular formula is C17H19N3OS. The van der Waals surface area contributed by atoms with Crippen LogP contribution in [0.1, 0.15) is 34.5 Å². The molecule has 2 saturated heterocycles. The molecule has 0 aliphatic carbocycles. The van der Waals surface area contributed by atoms with Crippen LogP contribution in [0.5, 0.6) is 0 Å². The Labute approximate surface area is 134 Å². The summed E-state index contributed by atoms with van der Waals surface area (Å²) in [6.45, 7) is 2.06. The molecular weight excluding hydrogens is 294 g/mol. The highest BCUT2D eigenvalue weighted by Gasteiger charge is 2.39. The summed E-state index contributed by atoms with van der Waals surface area (Å²) in [6, 6.07) is 9.56. The largest absolute Gasteiger partial charge is 0.347 e. The number of carbonyl (C=O) groups is 1. The van der Waals surface area contributed by atoms with Crippen LogP contribution in [0.25, 0.3) is 10.6 Å². The normalized spacial score (nSPS) is 26.3. The van der Waals surface area contributed by atoms with E-state index in [-0.39, 0.29) is 11.9 Å². The van der Waals surface area contributed by atoms with Crippen molar-refractivity contribution in [2.24, 2.45) is 0 Å². The average molecular weight is 313 g/mol. The predicted octanol–water partition coefficient (Wildman–Crippen LogP) is 2.74. The molecule has 4 rings (SSSR count). The van der Waals surface area contributed by atoms with Gasteiger partial charge in [0.05, 0.1) is 6.20 Å². The fourth-order valence-corrected chi connectivity index (χ4v) is 4.26. The minimum atomic E-state index is 0.00946. The lowest BCUT2D eigenvalue weighted by Gasteiger charge is -2.20. The van der Waals surface area contributed by atoms with Gasteiger partial charge in [-0.2, -0.15) is 0 Å². The first-order valence-corrected chi connectivity index (χ1v) is 8.60. The molecule has 1 aromatic heterocycles. The van der Waals surface area contributed by atoms with Gasteiger partial charge in [-0.1, -0.05) is 29.8 Å². The molecule has 1 aromatic carbocycles. The third-order valence-electron chi connectivity index (χ3n) is 4.64. The van der Waals surface area contributed by atoms with E-state index in [1.165, 1.54) is 29.7 Å². The maximum Gasteiger partial charge on any atom is 0.263 e. The van der Waals surface area contributed by atoms with Crippen LogP contribution in [0.3, 0.4) is 0 Å². The van der Waals surface area contributed by atoms with Crippen LogP contribution in [0.4, 0.5) is 0 Å². The molecule has 1 amide bonds. The highest BCUT2D eigenvalue weighted by molar-refractivity contribution is 7.16. The van der Waals surface area contributed by atoms with Crippen molar-refractivity contribution in [2.75, 3.05) is 0 Å². The number of aromatic nitrogens is 1. The number of hydrogen-bond acceptors (Lipinski definition) is 4. The van der Waals surface area contributed by atoms with Crippen LogP contribution < -0.4 is 10.6 Å². The smallest absolute Gasteiger partial charge is 0.263 e. The summed E-state index contributed by atoms with van der Waals surface area (Å²) in [5.41, 5.74) is 2.29. The number of hydrogen-bond donors (Lipinski definition) is 2. The molecule has 3 heterocycles. The summed E-state index contributed by atoms with van der Waals surface area (Å²) in [7, 11) is 0. The second-order valence-corrected chi connectivity index (χ2v) is 7.29. The lowest BCUT2D eigenvalue weighted by atomic mass is 9.95. The monoisotopic (exact) mass is 313 g/mol. The second-order valence-electron chi connectivity index (χ2n) is 6.26. The Kier molecular flexibility index (Phi) is 3.47. The molecule has 2 bridgehead atoms. The van der Waals surface area contributed by atoms with Gasteiger partial charge in [-0.25, -0.2) is 4.98 Å². The van der Waals surface area contributed by atoms with Gasteiger partial charge in [0.15, 0.2) is 0 Å². The van der Waals surface area contributed by atoms with E-state index < -0.39 is 0 Å². The van der Waals surface area contributed by atoms with Gasteiger partial charge in [0.1, 0.15) is 9.88 Å². The van der Waals surface area contributed by atoms with Gasteiger partial charge >= 0.3 is 0 Å². The van der Waals surface area contributed by atoms with Crippen molar-refractivity contribution in [3.8, 4) is 10.6 Å². The van der Waals surface area contributed by atoms with Gasteiger partial charge in [-0.3, -0.25) is 4.79 Å². The molecule has 22 heavy (non-hydrogen) atoms. The fourth-order valence-electron chi connectivity index (χ4n) is 3.43. The Hall–Kier alpha value is -1.72. The van der Waals surface area contributed by atoms with E-state index in [9.17, 15) is 4.79 Å². The minimum Gasteiger partial charge on any atom is -0.347 e. The molecule has 2 fully saturated rings. The van der Waals surface area contributed by atoms with E-state index in [1.807, 2.05) is 0 Å². The molecule has 0 saturated carbocycles. The van der Waals surface area contributed by atoms with Crippen LogP contribution in [0.15, 0.2) is 30.5 Å². The van der Waals surface area contributed by atoms with Gasteiger partial charge in [0, 0.05) is 23.7 Å². The van der Waals surface area contributed by atoms with Crippen LogP contribution in [0.2, 0.25) is 0 Å². The van der Waals surface area contributed by atoms with Crippen molar-refractivity contribution in [3.63, 3.8) is 0 Å². The molecule has 3 atom stereocenters. The van der Waals surface area contributed by atoms with E-state index >= 15 is 0 Å². The van der Waals surface area contributed by atoms with E-state index in [2.05, 4.69) is 46.8 Å². The molecule has 2 N–H and O–H groups in total. The van der Waals surface area contributed by atoms with E-state index in [1.54, 1.807) is 6.20 Å². The summed E-state index contributed by atoms with van der Waals surface area (Å²) in [5.74, 6) is 0.00946. The number of benzene rings is 1. The van der Waals surface area contributed by atoms with Crippen molar-refractivity contribution in [1.82, 2.24) is 15.6 Å². The first-order valence-electron chi connectivity index (χ1n) is 7.79. The number of fused-ring (bicyclic) bond motifs is 2. The van der Waals surface area contributed by atoms with Crippen LogP contribution in [0, 0.1) is 6.92 Å². The number of carbonyl (C=O) groups excluding carboxylic acids is 1. The van der Waals surface area contributed by atoms with Gasteiger partial charge < -0.3 is 10.6 Å². The Morgan fingerprint density at radius 1 is 1.32 bits per heavy atom. The Morgan fingerprint density at radius 2 is 2.14 bits per heavy atom. The predicted molar refractivity (Wildman–Crippen MR) is 88.1 cm³/mol. The lowest BCUT2D eigenvalue weighted by molar-refractivity contribution is 0.0935. The SMILES string of the molecule is Cc1ccc(-c2ncc(C(=O)NC3CC4CCC3N4)s2)cc1. The topological polar surface area (TPSA) is 54.0 Å². The highest BCUT2D eigenvalue weighted by Crippen LogP contribution is 2.29. The zero-order valence-corrected chi connectivity index (χ0v) is 13.3. The summed E-state index contributed by atoms with van der Waals surface area (Å²) in [5, 5.41) is 7.61. The van der Waals surface area contributed by atoms with Gasteiger partial charge in [0.2, 0.25) is 0 Å². The molecule has 2 aromatic rings. The van der Waals surface area contributed by atoms with Crippen molar-refractivity contribution in [3.05, 3.63) is 40.9 Å². The lowest BCUT2D eigenvalue weighted by Crippen LogP contribution is -2.42. The van der Waals surface area contributed by atoms with Gasteiger partial charge in [-0.05, 0) is 26.2 Å². The van der Waals surface area contributed by atoms with E-state index in [0.717, 1.165) is 17.0 Å². The number of rotatable bonds is 3. The minimum absolute atomic E-state index is 0.00946. The molecule has 0 spiro atoms. The van der Waals surface area contributed by atoms with Crippen molar-refractivity contribution >= 4 is 17.2 Å². The number of thiazole rings is 1. The molecule has 114 valence electrons. The summed E-state index contributed by atoms with van der Waals surface area (Å²) < 4.78 is 0. The zero-order chi connectivity index (χ0) is 15.1. The second kappa shape index (κ2) is 5.48. The Morgan fingerprint density at radius 3 is 2.82 bits per heavy atom. The molecule has 0 radical (unpaired) electrons. The number of aryl methyl sites for hydroxylation is 1. The van der Waals surface area contributed by atoms with Crippen LogP contribution in [-0.4, -0.2) is 29.0 Å². The Balaban J connectivity index is 1.46. The van der Waals surface area contributed by atoms with Crippen molar-refractivity contribution < 1.29 is 4.79 Å². The number of amides is 1. The first kappa shape index (κ1) is 13.9. The third-order valence-corrected chi connectivity index (χ3v) is 5.69. The van der Waals surface area contributed by atoms with Crippen LogP contribution in [-0.2, 0) is 0 Å². The summed E-state index contributed by atoms with van der Waals surface area (Å²) in [4.78, 5) is 17.5. The molecule has 4 nitrogen and oxygen atoms in total. The number of nitrogens with zero attached hydrogens (tertiary/aromatic N) is 1. The standard InChI is InChI=1S/C17H19N3OS/c1-10-2-4-11(5-3-10)17-18-9-15(22-17)16(21)20-14-8-12-6-7-13(14)19-12/h2-5,9,12-14,19H,6-8H2,1H3,(H,20,21). The van der Waals surface area contributed by atoms with Crippen molar-refractivity contribution in [1.29, 1.82) is 0 Å². The maximum absolute atomic E-state index is 12.4. The third kappa shape index (κ3) is 2.55. The molecule has 2 aliphatic rings. The van der Waals surface area contributed by atoms with Gasteiger partial charge in [0.25, 0.3) is 5.91 Å². The molecule has 3 unspecified atom stereocenters. The van der Waals surface area contributed by atoms with Crippen LogP contribution >= 0.6 is 11.3 Å². The Bertz CT molecular complexity index is 694. The molecule has 2 aliphatic heterocycles. The summed E-state index contributed by atoms with van der Waals surface area (Å²) >= 11 is 1.46. The first-order chi connectivity index (χ1) is 10.7. The average Bonchev–Trinajstić information content (AvgIpc) is 3.24. The van der Waals surface area contributed by atoms with E-state index in [4.69, 9.17) is 0 Å². The molecule has 5 heteroatoms. The maximum atomic E-state index is 12.4. The van der Waals surface area contributed by atoms with Gasteiger partial charge in [-0.15, -0.1) is 11.3 Å². The zero-order valence-electron chi connectivity index (χ0n) is 12.5. The number of nitrogens with one attached hydrogen (secondary N) is 2. The quantitative estimate of drug-likeness (QED) is 0.916. The van der Waals surface area contributed by atoms with Crippen molar-refractivity contribution in [2.45, 2.75) is 44.3 Å². The van der Waals surface area contributed by atoms with E-state index in [0.29, 0.717) is 17.0 Å². The highest BCUT2D eigenvalue weighted by atomic mass is 32.1.